The Morgan fingerprint density at radius 1 is 1.32 bits per heavy atom. The monoisotopic (exact) mass is 530 g/mol. The number of nitrogens with zero attached hydrogens (tertiary/aromatic N) is 2. The Bertz CT molecular complexity index is 1090. The van der Waals surface area contributed by atoms with Crippen molar-refractivity contribution in [2.45, 2.75) is 56.9 Å². The number of rotatable bonds is 10. The Morgan fingerprint density at radius 3 is 2.59 bits per heavy atom. The second kappa shape index (κ2) is 10.2. The minimum absolute atomic E-state index is 0.114. The van der Waals surface area contributed by atoms with Gasteiger partial charge < -0.3 is 24.4 Å². The van der Waals surface area contributed by atoms with Gasteiger partial charge in [-0.25, -0.2) is 0 Å². The Balaban J connectivity index is 1.81. The highest BCUT2D eigenvalue weighted by Crippen LogP contribution is 2.65. The number of esters is 1. The van der Waals surface area contributed by atoms with Crippen molar-refractivity contribution in [3.05, 3.63) is 54.6 Å². The Kier molecular flexibility index (Phi) is 7.57. The molecule has 4 rings (SSSR count). The molecule has 2 bridgehead atoms. The standard InChI is InChI=1S/C28H35ClN2O6/c1-6-8-14-36-26(35)22-21-24(33)31(18(4)16-32)23(28(21)15-17(3)27(22,5)37-28)25(34)30(13-7-2)20-11-9-19(29)10-12-20/h6-7,9-12,17-18,21-23,32H,1-2,8,13-16H2,3-5H3/t17?,18-,21+,22-,23?,27+,28?/m1/s1. The summed E-state index contributed by atoms with van der Waals surface area (Å²) in [5, 5.41) is 10.6. The largest absolute Gasteiger partial charge is 0.465 e. The molecule has 0 radical (unpaired) electrons. The van der Waals surface area contributed by atoms with Crippen LogP contribution in [0.3, 0.4) is 0 Å². The molecule has 1 aromatic carbocycles. The van der Waals surface area contributed by atoms with Crippen molar-refractivity contribution in [2.24, 2.45) is 17.8 Å². The molecule has 0 aliphatic carbocycles. The average Bonchev–Trinajstić information content (AvgIpc) is 3.39. The lowest BCUT2D eigenvalue weighted by atomic mass is 9.62. The maximum absolute atomic E-state index is 14.4. The summed E-state index contributed by atoms with van der Waals surface area (Å²) >= 11 is 6.07. The first-order chi connectivity index (χ1) is 17.6. The molecule has 1 spiro atoms. The number of benzene rings is 1. The van der Waals surface area contributed by atoms with E-state index in [1.54, 1.807) is 43.3 Å². The lowest BCUT2D eigenvalue weighted by Gasteiger charge is -2.38. The number of carbonyl (C=O) groups excluding carboxylic acids is 3. The van der Waals surface area contributed by atoms with Gasteiger partial charge in [0.2, 0.25) is 5.91 Å². The highest BCUT2D eigenvalue weighted by molar-refractivity contribution is 6.30. The molecular formula is C28H35ClN2O6. The van der Waals surface area contributed by atoms with Gasteiger partial charge in [0.05, 0.1) is 30.8 Å². The van der Waals surface area contributed by atoms with E-state index >= 15 is 0 Å². The summed E-state index contributed by atoms with van der Waals surface area (Å²) in [6, 6.07) is 5.12. The predicted octanol–water partition coefficient (Wildman–Crippen LogP) is 3.37. The van der Waals surface area contributed by atoms with Gasteiger partial charge in [0, 0.05) is 17.3 Å². The number of aliphatic hydroxyl groups excluding tert-OH is 1. The van der Waals surface area contributed by atoms with Crippen LogP contribution in [0.15, 0.2) is 49.6 Å². The first-order valence-electron chi connectivity index (χ1n) is 12.7. The third-order valence-corrected chi connectivity index (χ3v) is 8.51. The van der Waals surface area contributed by atoms with Crippen LogP contribution in [-0.2, 0) is 23.9 Å². The maximum atomic E-state index is 14.4. The fourth-order valence-electron chi connectivity index (χ4n) is 6.43. The molecule has 1 aromatic rings. The van der Waals surface area contributed by atoms with Crippen molar-refractivity contribution in [1.82, 2.24) is 4.90 Å². The summed E-state index contributed by atoms with van der Waals surface area (Å²) in [5.41, 5.74) is -1.62. The van der Waals surface area contributed by atoms with Crippen molar-refractivity contribution in [3.63, 3.8) is 0 Å². The predicted molar refractivity (Wildman–Crippen MR) is 140 cm³/mol. The van der Waals surface area contributed by atoms with E-state index in [2.05, 4.69) is 13.2 Å². The zero-order valence-corrected chi connectivity index (χ0v) is 22.3. The number of halogens is 1. The van der Waals surface area contributed by atoms with Crippen LogP contribution in [0.25, 0.3) is 0 Å². The summed E-state index contributed by atoms with van der Waals surface area (Å²) in [4.78, 5) is 44.8. The van der Waals surface area contributed by atoms with Gasteiger partial charge in [-0.3, -0.25) is 14.4 Å². The molecule has 2 amide bonds. The molecule has 3 aliphatic heterocycles. The van der Waals surface area contributed by atoms with E-state index in [9.17, 15) is 19.5 Å². The third-order valence-electron chi connectivity index (χ3n) is 8.26. The molecule has 3 fully saturated rings. The van der Waals surface area contributed by atoms with Gasteiger partial charge in [-0.2, -0.15) is 0 Å². The van der Waals surface area contributed by atoms with Crippen molar-refractivity contribution in [3.8, 4) is 0 Å². The molecule has 8 nitrogen and oxygen atoms in total. The molecule has 3 saturated heterocycles. The van der Waals surface area contributed by atoms with Gasteiger partial charge in [0.1, 0.15) is 17.6 Å². The van der Waals surface area contributed by atoms with E-state index in [1.807, 2.05) is 13.8 Å². The zero-order chi connectivity index (χ0) is 27.1. The van der Waals surface area contributed by atoms with E-state index in [1.165, 1.54) is 9.80 Å². The van der Waals surface area contributed by atoms with Gasteiger partial charge in [-0.15, -0.1) is 13.2 Å². The highest BCUT2D eigenvalue weighted by atomic mass is 35.5. The molecule has 0 aromatic heterocycles. The van der Waals surface area contributed by atoms with Crippen molar-refractivity contribution in [2.75, 3.05) is 24.7 Å². The summed E-state index contributed by atoms with van der Waals surface area (Å²) in [7, 11) is 0. The second-order valence-corrected chi connectivity index (χ2v) is 10.9. The first kappa shape index (κ1) is 27.4. The van der Waals surface area contributed by atoms with Crippen LogP contribution >= 0.6 is 11.6 Å². The van der Waals surface area contributed by atoms with Crippen LogP contribution < -0.4 is 4.90 Å². The van der Waals surface area contributed by atoms with E-state index in [0.29, 0.717) is 23.6 Å². The number of hydrogen-bond acceptors (Lipinski definition) is 6. The Morgan fingerprint density at radius 2 is 2.00 bits per heavy atom. The minimum atomic E-state index is -1.24. The molecular weight excluding hydrogens is 496 g/mol. The molecule has 37 heavy (non-hydrogen) atoms. The maximum Gasteiger partial charge on any atom is 0.312 e. The number of ether oxygens (including phenoxy) is 2. The molecule has 0 saturated carbocycles. The van der Waals surface area contributed by atoms with Crippen molar-refractivity contribution >= 4 is 35.1 Å². The lowest BCUT2D eigenvalue weighted by molar-refractivity contribution is -0.162. The summed E-state index contributed by atoms with van der Waals surface area (Å²) in [5.74, 6) is -3.14. The fraction of sp³-hybridized carbons (Fsp3) is 0.536. The quantitative estimate of drug-likeness (QED) is 0.283. The third kappa shape index (κ3) is 4.19. The molecule has 3 heterocycles. The normalized spacial score (nSPS) is 32.7. The van der Waals surface area contributed by atoms with Gasteiger partial charge in [-0.1, -0.05) is 30.7 Å². The van der Waals surface area contributed by atoms with Crippen LogP contribution in [0.5, 0.6) is 0 Å². The SMILES string of the molecule is C=CCCOC(=O)[C@H]1[C@H]2C(=O)N([C@H](C)CO)C(C(=O)N(CC=C)c3ccc(Cl)cc3)C23CC(C)[C@]1(C)O3. The van der Waals surface area contributed by atoms with Gasteiger partial charge in [0.15, 0.2) is 0 Å². The van der Waals surface area contributed by atoms with E-state index < -0.39 is 41.1 Å². The molecule has 3 aliphatic rings. The minimum Gasteiger partial charge on any atom is -0.465 e. The topological polar surface area (TPSA) is 96.4 Å². The number of hydrogen-bond donors (Lipinski definition) is 1. The molecule has 3 unspecified atom stereocenters. The van der Waals surface area contributed by atoms with E-state index in [4.69, 9.17) is 21.1 Å². The Hall–Kier alpha value is -2.68. The van der Waals surface area contributed by atoms with Crippen molar-refractivity contribution in [1.29, 1.82) is 0 Å². The Labute approximate surface area is 222 Å². The van der Waals surface area contributed by atoms with Gasteiger partial charge >= 0.3 is 5.97 Å². The number of amides is 2. The van der Waals surface area contributed by atoms with Crippen LogP contribution in [0.4, 0.5) is 5.69 Å². The number of carbonyl (C=O) groups is 3. The summed E-state index contributed by atoms with van der Waals surface area (Å²) in [6.07, 6.45) is 4.17. The number of aliphatic hydroxyl groups is 1. The molecule has 200 valence electrons. The van der Waals surface area contributed by atoms with Crippen LogP contribution in [0.1, 0.15) is 33.6 Å². The second-order valence-electron chi connectivity index (χ2n) is 10.4. The summed E-state index contributed by atoms with van der Waals surface area (Å²) in [6.45, 7) is 12.9. The smallest absolute Gasteiger partial charge is 0.312 e. The molecule has 7 atom stereocenters. The van der Waals surface area contributed by atoms with Gasteiger partial charge in [-0.05, 0) is 56.9 Å². The number of anilines is 1. The fourth-order valence-corrected chi connectivity index (χ4v) is 6.56. The van der Waals surface area contributed by atoms with E-state index in [-0.39, 0.29) is 37.5 Å². The molecule has 9 heteroatoms. The van der Waals surface area contributed by atoms with Gasteiger partial charge in [0.25, 0.3) is 5.91 Å². The average molecular weight is 531 g/mol. The number of fused-ring (bicyclic) bond motifs is 1. The van der Waals surface area contributed by atoms with E-state index in [0.717, 1.165) is 0 Å². The summed E-state index contributed by atoms with van der Waals surface area (Å²) < 4.78 is 12.2. The first-order valence-corrected chi connectivity index (χ1v) is 13.0. The van der Waals surface area contributed by atoms with Crippen LogP contribution in [0.2, 0.25) is 5.02 Å². The highest BCUT2D eigenvalue weighted by Gasteiger charge is 2.80. The van der Waals surface area contributed by atoms with Crippen LogP contribution in [0, 0.1) is 17.8 Å². The van der Waals surface area contributed by atoms with Crippen LogP contribution in [-0.4, -0.2) is 70.8 Å². The number of likely N-dealkylation sites (tertiary alicyclic amines) is 1. The molecule has 1 N–H and O–H groups in total. The van der Waals surface area contributed by atoms with Crippen molar-refractivity contribution < 1.29 is 29.0 Å². The zero-order valence-electron chi connectivity index (χ0n) is 21.6. The lowest BCUT2D eigenvalue weighted by Crippen LogP contribution is -2.58.